The molecular formula is C11H20F3N3O2. The quantitative estimate of drug-likeness (QED) is 0.709. The molecule has 5 nitrogen and oxygen atoms in total. The molecule has 0 aromatic heterocycles. The summed E-state index contributed by atoms with van der Waals surface area (Å²) in [5.74, 6) is -2.11. The SMILES string of the molecule is CC(CN(C)C)NCN1CC(OC(=O)C(F)(F)F)C1. The Balaban J connectivity index is 2.12. The average Bonchev–Trinajstić information content (AvgIpc) is 2.18. The van der Waals surface area contributed by atoms with E-state index in [1.807, 2.05) is 30.8 Å². The Morgan fingerprint density at radius 2 is 2.05 bits per heavy atom. The summed E-state index contributed by atoms with van der Waals surface area (Å²) in [7, 11) is 3.93. The van der Waals surface area contributed by atoms with Crippen LogP contribution < -0.4 is 5.32 Å². The van der Waals surface area contributed by atoms with E-state index in [1.54, 1.807) is 0 Å². The third-order valence-corrected chi connectivity index (χ3v) is 2.73. The van der Waals surface area contributed by atoms with Crippen molar-refractivity contribution in [3.8, 4) is 0 Å². The van der Waals surface area contributed by atoms with Crippen LogP contribution in [0, 0.1) is 0 Å². The fourth-order valence-corrected chi connectivity index (χ4v) is 1.84. The molecule has 8 heteroatoms. The summed E-state index contributed by atoms with van der Waals surface area (Å²) in [5, 5.41) is 3.24. The Labute approximate surface area is 110 Å². The van der Waals surface area contributed by atoms with Gasteiger partial charge in [-0.15, -0.1) is 0 Å². The van der Waals surface area contributed by atoms with Crippen LogP contribution in [-0.2, 0) is 9.53 Å². The van der Waals surface area contributed by atoms with Gasteiger partial charge in [0.1, 0.15) is 6.10 Å². The maximum atomic E-state index is 11.9. The first-order chi connectivity index (χ1) is 8.68. The second kappa shape index (κ2) is 6.53. The van der Waals surface area contributed by atoms with E-state index < -0.39 is 18.2 Å². The van der Waals surface area contributed by atoms with Gasteiger partial charge >= 0.3 is 12.1 Å². The van der Waals surface area contributed by atoms with E-state index in [-0.39, 0.29) is 6.04 Å². The van der Waals surface area contributed by atoms with Crippen molar-refractivity contribution in [3.63, 3.8) is 0 Å². The first-order valence-corrected chi connectivity index (χ1v) is 6.06. The van der Waals surface area contributed by atoms with Crippen molar-refractivity contribution >= 4 is 5.97 Å². The van der Waals surface area contributed by atoms with Crippen LogP contribution in [0.4, 0.5) is 13.2 Å². The van der Waals surface area contributed by atoms with Gasteiger partial charge in [0.15, 0.2) is 0 Å². The van der Waals surface area contributed by atoms with Crippen molar-refractivity contribution < 1.29 is 22.7 Å². The van der Waals surface area contributed by atoms with Gasteiger partial charge in [-0.1, -0.05) is 0 Å². The highest BCUT2D eigenvalue weighted by Crippen LogP contribution is 2.20. The van der Waals surface area contributed by atoms with Crippen molar-refractivity contribution in [3.05, 3.63) is 0 Å². The molecule has 0 spiro atoms. The van der Waals surface area contributed by atoms with Gasteiger partial charge in [0.25, 0.3) is 0 Å². The molecule has 0 aromatic carbocycles. The molecular weight excluding hydrogens is 263 g/mol. The summed E-state index contributed by atoms with van der Waals surface area (Å²) in [5.41, 5.74) is 0. The van der Waals surface area contributed by atoms with Crippen molar-refractivity contribution in [1.82, 2.24) is 15.1 Å². The lowest BCUT2D eigenvalue weighted by atomic mass is 10.2. The Morgan fingerprint density at radius 1 is 1.47 bits per heavy atom. The zero-order chi connectivity index (χ0) is 14.6. The third kappa shape index (κ3) is 5.75. The number of esters is 1. The Hall–Kier alpha value is -0.860. The van der Waals surface area contributed by atoms with Crippen LogP contribution in [0.15, 0.2) is 0 Å². The molecule has 0 aromatic rings. The second-order valence-electron chi connectivity index (χ2n) is 5.09. The van der Waals surface area contributed by atoms with E-state index >= 15 is 0 Å². The minimum absolute atomic E-state index is 0.284. The summed E-state index contributed by atoms with van der Waals surface area (Å²) >= 11 is 0. The molecule has 1 heterocycles. The largest absolute Gasteiger partial charge is 0.490 e. The molecule has 1 atom stereocenters. The minimum atomic E-state index is -4.90. The van der Waals surface area contributed by atoms with Crippen LogP contribution in [-0.4, -0.2) is 74.5 Å². The van der Waals surface area contributed by atoms with Gasteiger partial charge < -0.3 is 15.0 Å². The molecule has 1 N–H and O–H groups in total. The number of likely N-dealkylation sites (tertiary alicyclic amines) is 1. The molecule has 112 valence electrons. The molecule has 0 saturated carbocycles. The second-order valence-corrected chi connectivity index (χ2v) is 5.09. The molecule has 0 bridgehead atoms. The van der Waals surface area contributed by atoms with Crippen LogP contribution in [0.25, 0.3) is 0 Å². The molecule has 1 aliphatic rings. The number of halogens is 3. The molecule has 0 radical (unpaired) electrons. The number of nitrogens with zero attached hydrogens (tertiary/aromatic N) is 2. The topological polar surface area (TPSA) is 44.8 Å². The van der Waals surface area contributed by atoms with E-state index in [1.165, 1.54) is 0 Å². The standard InChI is InChI=1S/C11H20F3N3O2/c1-8(4-16(2)3)15-7-17-5-9(6-17)19-10(18)11(12,13)14/h8-9,15H,4-7H2,1-3H3. The Morgan fingerprint density at radius 3 is 2.53 bits per heavy atom. The maximum Gasteiger partial charge on any atom is 0.490 e. The van der Waals surface area contributed by atoms with E-state index in [9.17, 15) is 18.0 Å². The van der Waals surface area contributed by atoms with Crippen LogP contribution in [0.1, 0.15) is 6.92 Å². The molecule has 1 aliphatic heterocycles. The average molecular weight is 283 g/mol. The highest BCUT2D eigenvalue weighted by atomic mass is 19.4. The highest BCUT2D eigenvalue weighted by molar-refractivity contribution is 5.75. The van der Waals surface area contributed by atoms with Gasteiger partial charge in [0.2, 0.25) is 0 Å². The zero-order valence-corrected chi connectivity index (χ0v) is 11.3. The monoisotopic (exact) mass is 283 g/mol. The summed E-state index contributed by atoms with van der Waals surface area (Å²) in [6.45, 7) is 4.16. The number of alkyl halides is 3. The van der Waals surface area contributed by atoms with E-state index in [0.717, 1.165) is 6.54 Å². The number of carbonyl (C=O) groups is 1. The lowest BCUT2D eigenvalue weighted by Gasteiger charge is -2.39. The van der Waals surface area contributed by atoms with Gasteiger partial charge in [-0.2, -0.15) is 13.2 Å². The molecule has 1 rings (SSSR count). The number of hydrogen-bond donors (Lipinski definition) is 1. The molecule has 19 heavy (non-hydrogen) atoms. The van der Waals surface area contributed by atoms with E-state index in [2.05, 4.69) is 10.1 Å². The molecule has 0 aliphatic carbocycles. The van der Waals surface area contributed by atoms with Crippen LogP contribution in [0.3, 0.4) is 0 Å². The normalized spacial score (nSPS) is 19.3. The Kier molecular flexibility index (Phi) is 5.57. The van der Waals surface area contributed by atoms with E-state index in [0.29, 0.717) is 19.8 Å². The summed E-state index contributed by atoms with van der Waals surface area (Å²) in [6, 6.07) is 0.284. The van der Waals surface area contributed by atoms with Crippen molar-refractivity contribution in [2.75, 3.05) is 40.4 Å². The van der Waals surface area contributed by atoms with Gasteiger partial charge in [-0.05, 0) is 21.0 Å². The van der Waals surface area contributed by atoms with E-state index in [4.69, 9.17) is 0 Å². The fourth-order valence-electron chi connectivity index (χ4n) is 1.84. The first kappa shape index (κ1) is 16.2. The molecule has 1 unspecified atom stereocenters. The third-order valence-electron chi connectivity index (χ3n) is 2.73. The molecule has 0 amide bonds. The number of likely N-dealkylation sites (N-methyl/N-ethyl adjacent to an activating group) is 1. The predicted molar refractivity (Wildman–Crippen MR) is 63.5 cm³/mol. The Bertz CT molecular complexity index is 304. The van der Waals surface area contributed by atoms with Gasteiger partial charge in [0.05, 0.1) is 0 Å². The molecule has 1 saturated heterocycles. The number of carbonyl (C=O) groups excluding carboxylic acids is 1. The van der Waals surface area contributed by atoms with Gasteiger partial charge in [0, 0.05) is 32.3 Å². The van der Waals surface area contributed by atoms with Crippen molar-refractivity contribution in [2.24, 2.45) is 0 Å². The first-order valence-electron chi connectivity index (χ1n) is 6.06. The predicted octanol–water partition coefficient (Wildman–Crippen LogP) is 0.273. The summed E-state index contributed by atoms with van der Waals surface area (Å²) in [4.78, 5) is 14.5. The lowest BCUT2D eigenvalue weighted by Crippen LogP contribution is -2.57. The van der Waals surface area contributed by atoms with Crippen LogP contribution in [0.5, 0.6) is 0 Å². The fraction of sp³-hybridized carbons (Fsp3) is 0.909. The number of ether oxygens (including phenoxy) is 1. The zero-order valence-electron chi connectivity index (χ0n) is 11.3. The maximum absolute atomic E-state index is 11.9. The summed E-state index contributed by atoms with van der Waals surface area (Å²) in [6.07, 6.45) is -5.56. The van der Waals surface area contributed by atoms with Gasteiger partial charge in [-0.3, -0.25) is 4.90 Å². The number of rotatable bonds is 6. The highest BCUT2D eigenvalue weighted by Gasteiger charge is 2.44. The van der Waals surface area contributed by atoms with Crippen molar-refractivity contribution in [2.45, 2.75) is 25.2 Å². The molecule has 1 fully saturated rings. The number of nitrogens with one attached hydrogen (secondary N) is 1. The van der Waals surface area contributed by atoms with Crippen LogP contribution >= 0.6 is 0 Å². The lowest BCUT2D eigenvalue weighted by molar-refractivity contribution is -0.211. The smallest absolute Gasteiger partial charge is 0.453 e. The minimum Gasteiger partial charge on any atom is -0.453 e. The summed E-state index contributed by atoms with van der Waals surface area (Å²) < 4.78 is 40.1. The van der Waals surface area contributed by atoms with Crippen LogP contribution in [0.2, 0.25) is 0 Å². The number of hydrogen-bond acceptors (Lipinski definition) is 5. The van der Waals surface area contributed by atoms with Gasteiger partial charge in [-0.25, -0.2) is 4.79 Å². The van der Waals surface area contributed by atoms with Crippen molar-refractivity contribution in [1.29, 1.82) is 0 Å².